The molecule has 9 aromatic rings. The first-order valence-electron chi connectivity index (χ1n) is 33.6. The van der Waals surface area contributed by atoms with E-state index >= 15 is 14.4 Å². The molecule has 0 unspecified atom stereocenters. The van der Waals surface area contributed by atoms with Crippen molar-refractivity contribution in [3.05, 3.63) is 197 Å². The summed E-state index contributed by atoms with van der Waals surface area (Å²) in [5.74, 6) is -3.49. The lowest BCUT2D eigenvalue weighted by molar-refractivity contribution is -0.131. The predicted octanol–water partition coefficient (Wildman–Crippen LogP) is 18.4. The summed E-state index contributed by atoms with van der Waals surface area (Å²) in [5.41, 5.74) is 11.3. The van der Waals surface area contributed by atoms with Crippen molar-refractivity contribution in [1.29, 1.82) is 0 Å². The monoisotopic (exact) mass is 1280 g/mol. The fraction of sp³-hybridized carbons (Fsp3) is 0.407. The second-order valence-electron chi connectivity index (χ2n) is 32.3. The van der Waals surface area contributed by atoms with Gasteiger partial charge in [0.15, 0.2) is 0 Å². The van der Waals surface area contributed by atoms with Crippen LogP contribution in [0.15, 0.2) is 146 Å². The van der Waals surface area contributed by atoms with E-state index in [0.29, 0.717) is 17.1 Å². The molecule has 0 bridgehead atoms. The first-order chi connectivity index (χ1) is 44.8. The average molecular weight is 1290 g/mol. The number of benzene rings is 3. The maximum Gasteiger partial charge on any atom is 0.237 e. The number of rotatable bonds is 12. The molecule has 3 amide bonds. The fourth-order valence-electron chi connectivity index (χ4n) is 12.1. The molecular formula is C81H96N12O3. The summed E-state index contributed by atoms with van der Waals surface area (Å²) in [5, 5.41) is 0. The Hall–Kier alpha value is -9.24. The fourth-order valence-corrected chi connectivity index (χ4v) is 12.1. The molecule has 0 saturated heterocycles. The summed E-state index contributed by atoms with van der Waals surface area (Å²) in [6, 6.07) is 41.2. The van der Waals surface area contributed by atoms with Crippen molar-refractivity contribution in [2.45, 2.75) is 197 Å². The minimum atomic E-state index is -0.981. The van der Waals surface area contributed by atoms with Crippen molar-refractivity contribution in [2.75, 3.05) is 14.7 Å². The summed E-state index contributed by atoms with van der Waals surface area (Å²) >= 11 is 0. The van der Waals surface area contributed by atoms with Gasteiger partial charge >= 0.3 is 0 Å². The highest BCUT2D eigenvalue weighted by Crippen LogP contribution is 2.45. The SMILES string of the molecule is Cc1cccnc1-c1ccc(N(C(=O)C2CC(C(=O)N(c3ccc(-c4ncccc4C)cc3)c3nc(C(C)(C)C)cc(C(C)(C)C)n3)CC(C(=O)N(c3ccc(-c4ncccc4C)cc3)c3nc(C(C)(C)C)cc(C(C)(C)C)n3)C2)c2nc(C(C)(C)C)cc(C(C)(C)C)n2)cc1. The topological polar surface area (TPSA) is 177 Å². The molecule has 0 atom stereocenters. The van der Waals surface area contributed by atoms with Crippen molar-refractivity contribution in [3.8, 4) is 33.8 Å². The molecule has 6 aromatic heterocycles. The van der Waals surface area contributed by atoms with Gasteiger partial charge in [-0.15, -0.1) is 0 Å². The van der Waals surface area contributed by atoms with Crippen LogP contribution in [0.1, 0.15) is 195 Å². The van der Waals surface area contributed by atoms with Crippen LogP contribution in [-0.2, 0) is 46.9 Å². The molecule has 0 N–H and O–H groups in total. The lowest BCUT2D eigenvalue weighted by Crippen LogP contribution is -2.46. The van der Waals surface area contributed by atoms with Gasteiger partial charge in [0.25, 0.3) is 0 Å². The zero-order valence-corrected chi connectivity index (χ0v) is 60.3. The predicted molar refractivity (Wildman–Crippen MR) is 387 cm³/mol. The van der Waals surface area contributed by atoms with Crippen molar-refractivity contribution in [3.63, 3.8) is 0 Å². The first-order valence-corrected chi connectivity index (χ1v) is 33.6. The number of nitrogens with zero attached hydrogens (tertiary/aromatic N) is 12. The standard InChI is InChI=1S/C81H96N12O3/c1-49-25-22-40-82-67(49)52-28-34-58(35-29-52)91(73-85-61(76(4,5)6)46-62(86-73)77(7,8)9)70(94)55-43-56(71(95)92(59-36-30-53(31-37-59)68-50(2)26-23-41-83-68)74-87-63(78(10,11)12)47-64(88-74)79(13,14)15)45-57(44-55)72(96)93(60-38-32-54(33-39-60)69-51(3)27-24-42-84-69)75-89-65(80(16,17)18)48-66(90-75)81(19,20)21/h22-42,46-48,55-57H,43-45H2,1-21H3. The summed E-state index contributed by atoms with van der Waals surface area (Å²) in [6.07, 6.45) is 5.46. The van der Waals surface area contributed by atoms with Gasteiger partial charge in [0.2, 0.25) is 35.6 Å². The Morgan fingerprint density at radius 1 is 0.312 bits per heavy atom. The van der Waals surface area contributed by atoms with Crippen LogP contribution in [0.3, 0.4) is 0 Å². The number of hydrogen-bond donors (Lipinski definition) is 0. The molecule has 15 nitrogen and oxygen atoms in total. The number of aryl methyl sites for hydroxylation is 3. The number of hydrogen-bond acceptors (Lipinski definition) is 12. The largest absolute Gasteiger partial charge is 0.274 e. The van der Waals surface area contributed by atoms with Gasteiger partial charge in [-0.1, -0.05) is 179 Å². The molecule has 0 radical (unpaired) electrons. The molecule has 1 aliphatic carbocycles. The highest BCUT2D eigenvalue weighted by Gasteiger charge is 2.46. The van der Waals surface area contributed by atoms with E-state index in [4.69, 9.17) is 44.9 Å². The summed E-state index contributed by atoms with van der Waals surface area (Å²) in [7, 11) is 0. The zero-order valence-electron chi connectivity index (χ0n) is 60.3. The van der Waals surface area contributed by atoms with E-state index < -0.39 is 50.2 Å². The summed E-state index contributed by atoms with van der Waals surface area (Å²) in [6.45, 7) is 43.9. The molecule has 1 aliphatic rings. The van der Waals surface area contributed by atoms with Crippen molar-refractivity contribution in [1.82, 2.24) is 44.9 Å². The molecule has 15 heteroatoms. The quantitative estimate of drug-likeness (QED) is 0.113. The smallest absolute Gasteiger partial charge is 0.237 e. The first kappa shape index (κ1) is 69.6. The molecule has 498 valence electrons. The van der Waals surface area contributed by atoms with Crippen molar-refractivity contribution in [2.24, 2.45) is 17.8 Å². The van der Waals surface area contributed by atoms with Crippen LogP contribution in [0.2, 0.25) is 0 Å². The van der Waals surface area contributed by atoms with Crippen LogP contribution in [0, 0.1) is 38.5 Å². The van der Waals surface area contributed by atoms with Crippen LogP contribution in [0.4, 0.5) is 34.9 Å². The highest BCUT2D eigenvalue weighted by molar-refractivity contribution is 6.06. The van der Waals surface area contributed by atoms with Crippen LogP contribution in [0.5, 0.6) is 0 Å². The molecule has 10 rings (SSSR count). The molecule has 3 aromatic carbocycles. The molecular weight excluding hydrogens is 1190 g/mol. The lowest BCUT2D eigenvalue weighted by atomic mass is 9.73. The van der Waals surface area contributed by atoms with Gasteiger partial charge in [-0.3, -0.25) is 29.3 Å². The van der Waals surface area contributed by atoms with E-state index in [-0.39, 0.29) is 54.8 Å². The molecule has 1 fully saturated rings. The number of anilines is 6. The average Bonchev–Trinajstić information content (AvgIpc) is 0.768. The maximum absolute atomic E-state index is 16.9. The number of amides is 3. The number of carbonyl (C=O) groups is 3. The summed E-state index contributed by atoms with van der Waals surface area (Å²) in [4.78, 5) is 102. The summed E-state index contributed by atoms with van der Waals surface area (Å²) < 4.78 is 0. The van der Waals surface area contributed by atoms with Gasteiger partial charge in [-0.2, -0.15) is 0 Å². The molecule has 0 aliphatic heterocycles. The number of pyridine rings is 3. The minimum absolute atomic E-state index is 0.0450. The van der Waals surface area contributed by atoms with Gasteiger partial charge in [0.1, 0.15) is 0 Å². The highest BCUT2D eigenvalue weighted by atomic mass is 16.2. The Balaban J connectivity index is 1.21. The Kier molecular flexibility index (Phi) is 19.1. The van der Waals surface area contributed by atoms with E-state index in [1.807, 2.05) is 148 Å². The number of aromatic nitrogens is 9. The van der Waals surface area contributed by atoms with E-state index in [2.05, 4.69) is 125 Å². The Morgan fingerprint density at radius 3 is 0.688 bits per heavy atom. The third-order valence-corrected chi connectivity index (χ3v) is 18.0. The Bertz CT molecular complexity index is 3800. The lowest BCUT2D eigenvalue weighted by Gasteiger charge is -2.38. The molecule has 96 heavy (non-hydrogen) atoms. The van der Waals surface area contributed by atoms with Crippen LogP contribution in [-0.4, -0.2) is 62.6 Å². The minimum Gasteiger partial charge on any atom is -0.274 e. The third kappa shape index (κ3) is 15.2. The van der Waals surface area contributed by atoms with Crippen LogP contribution >= 0.6 is 0 Å². The van der Waals surface area contributed by atoms with Gasteiger partial charge in [-0.25, -0.2) is 44.6 Å². The molecule has 6 heterocycles. The van der Waals surface area contributed by atoms with Crippen LogP contribution < -0.4 is 14.7 Å². The van der Waals surface area contributed by atoms with E-state index in [9.17, 15) is 0 Å². The third-order valence-electron chi connectivity index (χ3n) is 18.0. The van der Waals surface area contributed by atoms with Gasteiger partial charge in [0, 0.05) is 85.5 Å². The maximum atomic E-state index is 16.9. The molecule has 1 saturated carbocycles. The Labute approximate surface area is 569 Å². The van der Waals surface area contributed by atoms with E-state index in [1.54, 1.807) is 33.3 Å². The van der Waals surface area contributed by atoms with Gasteiger partial charge in [-0.05, 0) is 130 Å². The van der Waals surface area contributed by atoms with Crippen molar-refractivity contribution >= 4 is 52.6 Å². The normalized spacial score (nSPS) is 15.7. The number of carbonyl (C=O) groups excluding carboxylic acids is 3. The second kappa shape index (κ2) is 26.4. The van der Waals surface area contributed by atoms with Crippen LogP contribution in [0.25, 0.3) is 33.8 Å². The van der Waals surface area contributed by atoms with Gasteiger partial charge in [0.05, 0.1) is 68.3 Å². The van der Waals surface area contributed by atoms with E-state index in [1.165, 1.54) is 0 Å². The Morgan fingerprint density at radius 2 is 0.510 bits per heavy atom. The molecule has 0 spiro atoms. The van der Waals surface area contributed by atoms with Crippen molar-refractivity contribution < 1.29 is 14.4 Å². The zero-order chi connectivity index (χ0) is 69.8. The second-order valence-corrected chi connectivity index (χ2v) is 32.3. The van der Waals surface area contributed by atoms with Gasteiger partial charge < -0.3 is 0 Å². The van der Waals surface area contributed by atoms with E-state index in [0.717, 1.165) is 84.6 Å².